The Morgan fingerprint density at radius 1 is 1.21 bits per heavy atom. The first-order valence-corrected chi connectivity index (χ1v) is 8.71. The Labute approximate surface area is 144 Å². The molecule has 1 aliphatic heterocycles. The first kappa shape index (κ1) is 18.7. The Morgan fingerprint density at radius 3 is 2.29 bits per heavy atom. The summed E-state index contributed by atoms with van der Waals surface area (Å²) >= 11 is 0. The van der Waals surface area contributed by atoms with Gasteiger partial charge >= 0.3 is 6.09 Å². The number of carbonyl (C=O) groups is 1. The Bertz CT molecular complexity index is 543. The van der Waals surface area contributed by atoms with Gasteiger partial charge in [-0.1, -0.05) is 12.1 Å². The zero-order valence-corrected chi connectivity index (χ0v) is 15.3. The van der Waals surface area contributed by atoms with E-state index < -0.39 is 5.60 Å². The summed E-state index contributed by atoms with van der Waals surface area (Å²) in [4.78, 5) is 14.7. The van der Waals surface area contributed by atoms with Gasteiger partial charge in [-0.3, -0.25) is 4.39 Å². The predicted molar refractivity (Wildman–Crippen MR) is 95.1 cm³/mol. The standard InChI is InChI=1S/C19H30FN2O2/c1-19(2,3)24-18(23)22(4)14-12-21(13-15-22)17-9-7-16(8-10-17)6-5-11-20/h7-10H,5-6,11-15H2,1-4H3/q+1. The maximum atomic E-state index is 12.4. The third-order valence-electron chi connectivity index (χ3n) is 4.46. The number of hydrogen-bond acceptors (Lipinski definition) is 3. The van der Waals surface area contributed by atoms with Crippen LogP contribution in [0.5, 0.6) is 0 Å². The maximum absolute atomic E-state index is 12.4. The Hall–Kier alpha value is -1.62. The molecule has 0 atom stereocenters. The average molecular weight is 337 g/mol. The van der Waals surface area contributed by atoms with E-state index in [9.17, 15) is 9.18 Å². The lowest BCUT2D eigenvalue weighted by atomic mass is 10.1. The van der Waals surface area contributed by atoms with Crippen molar-refractivity contribution in [2.75, 3.05) is 44.8 Å². The molecule has 0 unspecified atom stereocenters. The van der Waals surface area contributed by atoms with Gasteiger partial charge in [-0.05, 0) is 51.3 Å². The molecule has 1 aliphatic rings. The lowest BCUT2D eigenvalue weighted by Gasteiger charge is -2.40. The number of rotatable bonds is 4. The SMILES string of the molecule is CC(C)(C)OC(=O)[N+]1(C)CCN(c2ccc(CCCF)cc2)CC1. The predicted octanol–water partition coefficient (Wildman–Crippen LogP) is 3.79. The van der Waals surface area contributed by atoms with E-state index in [0.29, 0.717) is 10.9 Å². The van der Waals surface area contributed by atoms with Crippen LogP contribution in [0.4, 0.5) is 14.9 Å². The van der Waals surface area contributed by atoms with Crippen molar-refractivity contribution in [3.05, 3.63) is 29.8 Å². The van der Waals surface area contributed by atoms with E-state index in [1.165, 1.54) is 5.56 Å². The average Bonchev–Trinajstić information content (AvgIpc) is 2.53. The number of nitrogens with zero attached hydrogens (tertiary/aromatic N) is 2. The van der Waals surface area contributed by atoms with Crippen LogP contribution in [-0.2, 0) is 11.2 Å². The number of hydrogen-bond donors (Lipinski definition) is 0. The van der Waals surface area contributed by atoms with E-state index in [0.717, 1.165) is 38.3 Å². The van der Waals surface area contributed by atoms with E-state index in [2.05, 4.69) is 29.2 Å². The van der Waals surface area contributed by atoms with Gasteiger partial charge in [0.25, 0.3) is 0 Å². The molecule has 0 saturated carbocycles. The first-order chi connectivity index (χ1) is 11.2. The van der Waals surface area contributed by atoms with Crippen molar-refractivity contribution in [2.45, 2.75) is 39.2 Å². The van der Waals surface area contributed by atoms with Crippen LogP contribution in [0.15, 0.2) is 24.3 Å². The summed E-state index contributed by atoms with van der Waals surface area (Å²) in [5.41, 5.74) is 1.88. The van der Waals surface area contributed by atoms with Crippen LogP contribution in [-0.4, -0.2) is 56.1 Å². The van der Waals surface area contributed by atoms with E-state index in [4.69, 9.17) is 4.74 Å². The van der Waals surface area contributed by atoms with Crippen molar-refractivity contribution in [1.29, 1.82) is 0 Å². The van der Waals surface area contributed by atoms with Gasteiger partial charge < -0.3 is 9.64 Å². The summed E-state index contributed by atoms with van der Waals surface area (Å²) in [5, 5.41) is 0. The molecule has 0 aromatic heterocycles. The van der Waals surface area contributed by atoms with Crippen molar-refractivity contribution < 1.29 is 18.4 Å². The highest BCUT2D eigenvalue weighted by atomic mass is 19.1. The summed E-state index contributed by atoms with van der Waals surface area (Å²) in [5.74, 6) is 0. The second kappa shape index (κ2) is 7.51. The molecule has 0 bridgehead atoms. The van der Waals surface area contributed by atoms with Crippen molar-refractivity contribution in [3.63, 3.8) is 0 Å². The van der Waals surface area contributed by atoms with Gasteiger partial charge in [0.2, 0.25) is 0 Å². The van der Waals surface area contributed by atoms with Gasteiger partial charge in [-0.2, -0.15) is 4.79 Å². The fourth-order valence-corrected chi connectivity index (χ4v) is 2.86. The Morgan fingerprint density at radius 2 is 1.79 bits per heavy atom. The lowest BCUT2D eigenvalue weighted by Crippen LogP contribution is -2.61. The zero-order chi connectivity index (χ0) is 17.8. The first-order valence-electron chi connectivity index (χ1n) is 8.71. The number of alkyl halides is 1. The highest BCUT2D eigenvalue weighted by Gasteiger charge is 2.39. The minimum Gasteiger partial charge on any atom is -0.414 e. The molecule has 0 N–H and O–H groups in total. The van der Waals surface area contributed by atoms with Crippen molar-refractivity contribution in [3.8, 4) is 0 Å². The van der Waals surface area contributed by atoms with Crippen LogP contribution < -0.4 is 4.90 Å². The van der Waals surface area contributed by atoms with Crippen LogP contribution in [0.25, 0.3) is 0 Å². The summed E-state index contributed by atoms with van der Waals surface area (Å²) < 4.78 is 18.1. The monoisotopic (exact) mass is 337 g/mol. The van der Waals surface area contributed by atoms with Crippen molar-refractivity contribution >= 4 is 11.8 Å². The molecule has 1 aromatic carbocycles. The maximum Gasteiger partial charge on any atom is 0.516 e. The molecule has 24 heavy (non-hydrogen) atoms. The molecule has 1 fully saturated rings. The quantitative estimate of drug-likeness (QED) is 0.783. The number of aryl methyl sites for hydroxylation is 1. The molecule has 0 spiro atoms. The lowest BCUT2D eigenvalue weighted by molar-refractivity contribution is -0.839. The minimum absolute atomic E-state index is 0.149. The highest BCUT2D eigenvalue weighted by Crippen LogP contribution is 2.22. The molecule has 134 valence electrons. The van der Waals surface area contributed by atoms with Crippen LogP contribution in [0.2, 0.25) is 0 Å². The molecule has 0 aliphatic carbocycles. The minimum atomic E-state index is -0.453. The smallest absolute Gasteiger partial charge is 0.414 e. The number of piperazine rings is 1. The second-order valence-electron chi connectivity index (χ2n) is 7.77. The van der Waals surface area contributed by atoms with Crippen molar-refractivity contribution in [1.82, 2.24) is 0 Å². The van der Waals surface area contributed by atoms with Crippen LogP contribution >= 0.6 is 0 Å². The summed E-state index contributed by atoms with van der Waals surface area (Å²) in [7, 11) is 1.95. The topological polar surface area (TPSA) is 29.5 Å². The number of carbonyl (C=O) groups excluding carboxylic acids is 1. The fraction of sp³-hybridized carbons (Fsp3) is 0.632. The molecule has 1 aromatic rings. The molecular formula is C19H30FN2O2+. The number of quaternary nitrogens is 1. The van der Waals surface area contributed by atoms with E-state index in [1.807, 2.05) is 27.8 Å². The van der Waals surface area contributed by atoms with Crippen LogP contribution in [0, 0.1) is 0 Å². The molecule has 1 amide bonds. The fourth-order valence-electron chi connectivity index (χ4n) is 2.86. The molecule has 1 heterocycles. The van der Waals surface area contributed by atoms with Gasteiger partial charge in [0.1, 0.15) is 18.7 Å². The molecule has 1 saturated heterocycles. The zero-order valence-electron chi connectivity index (χ0n) is 15.3. The summed E-state index contributed by atoms with van der Waals surface area (Å²) in [6.45, 7) is 8.54. The number of ether oxygens (including phenoxy) is 1. The Kier molecular flexibility index (Phi) is 5.86. The Balaban J connectivity index is 1.93. The molecule has 4 nitrogen and oxygen atoms in total. The highest BCUT2D eigenvalue weighted by molar-refractivity contribution is 5.60. The summed E-state index contributed by atoms with van der Waals surface area (Å²) in [6, 6.07) is 8.33. The van der Waals surface area contributed by atoms with Crippen molar-refractivity contribution in [2.24, 2.45) is 0 Å². The molecule has 2 rings (SSSR count). The van der Waals surface area contributed by atoms with E-state index >= 15 is 0 Å². The number of amides is 1. The van der Waals surface area contributed by atoms with Crippen LogP contribution in [0.1, 0.15) is 32.8 Å². The van der Waals surface area contributed by atoms with E-state index in [-0.39, 0.29) is 12.8 Å². The number of likely N-dealkylation sites (N-methyl/N-ethyl adjacent to an activating group) is 1. The number of anilines is 1. The normalized spacial score (nSPS) is 17.6. The number of halogens is 1. The van der Waals surface area contributed by atoms with Crippen LogP contribution in [0.3, 0.4) is 0 Å². The molecular weight excluding hydrogens is 307 g/mol. The second-order valence-corrected chi connectivity index (χ2v) is 7.77. The molecule has 5 heteroatoms. The van der Waals surface area contributed by atoms with Gasteiger partial charge in [0.15, 0.2) is 0 Å². The third kappa shape index (κ3) is 4.94. The largest absolute Gasteiger partial charge is 0.516 e. The number of benzene rings is 1. The third-order valence-corrected chi connectivity index (χ3v) is 4.46. The van der Waals surface area contributed by atoms with Gasteiger partial charge in [0.05, 0.1) is 26.8 Å². The van der Waals surface area contributed by atoms with E-state index in [1.54, 1.807) is 0 Å². The van der Waals surface area contributed by atoms with Gasteiger partial charge in [-0.15, -0.1) is 0 Å². The summed E-state index contributed by atoms with van der Waals surface area (Å²) in [6.07, 6.45) is 1.21. The van der Waals surface area contributed by atoms with Gasteiger partial charge in [-0.25, -0.2) is 4.48 Å². The molecule has 0 radical (unpaired) electrons. The van der Waals surface area contributed by atoms with Gasteiger partial charge in [0, 0.05) is 5.69 Å².